The third kappa shape index (κ3) is 7.39. The van der Waals surface area contributed by atoms with E-state index in [0.717, 1.165) is 47.3 Å². The smallest absolute Gasteiger partial charge is 0.354 e. The van der Waals surface area contributed by atoms with Gasteiger partial charge in [-0.15, -0.1) is 15.7 Å². The molecule has 13 heteroatoms. The molecule has 2 aromatic rings. The molecule has 1 atom stereocenters. The number of amides is 2. The molecule has 9 nitrogen and oxygen atoms in total. The predicted molar refractivity (Wildman–Crippen MR) is 189 cm³/mol. The Balaban J connectivity index is 1.88. The highest BCUT2D eigenvalue weighted by atomic mass is 32.2. The molecule has 4 rings (SSSR count). The molecule has 1 unspecified atom stereocenters. The number of fused-ring (bicyclic) bond motifs is 2. The number of urea groups is 1. The standard InChI is InChI=1S/C32H52N4O5S2Si2/c1-30(2,3)44(9,10)36-43(40,27-23(33-28(42-27)32(7,8)39)19-41-45(11,12)31(4,5)6)35-29(38)34-26-22-15-13-14-20(22)18-21-16-17-24(37)25(21)26/h18,39H,13-17,19H2,1-12H3,(H2,34,35,36,38,40). The molecule has 0 radical (unpaired) electrons. The fraction of sp³-hybridized carbons (Fsp3) is 0.656. The summed E-state index contributed by atoms with van der Waals surface area (Å²) in [4.78, 5) is 31.6. The molecular weight excluding hydrogens is 641 g/mol. The fourth-order valence-corrected chi connectivity index (χ4v) is 13.3. The number of rotatable bonds is 8. The third-order valence-corrected chi connectivity index (χ3v) is 24.6. The van der Waals surface area contributed by atoms with Gasteiger partial charge in [0.25, 0.3) is 0 Å². The second-order valence-electron chi connectivity index (χ2n) is 16.1. The number of carbonyl (C=O) groups is 2. The van der Waals surface area contributed by atoms with Crippen LogP contribution in [0.4, 0.5) is 10.5 Å². The largest absolute Gasteiger partial charge is 0.411 e. The lowest BCUT2D eigenvalue weighted by Gasteiger charge is -2.38. The lowest BCUT2D eigenvalue weighted by molar-refractivity contribution is 0.0779. The minimum absolute atomic E-state index is 0.0115. The molecule has 0 fully saturated rings. The van der Waals surface area contributed by atoms with Crippen LogP contribution in [0, 0.1) is 0 Å². The average molecular weight is 693 g/mol. The van der Waals surface area contributed by atoms with Crippen LogP contribution in [0.25, 0.3) is 0 Å². The number of thiazole rings is 1. The molecule has 0 spiro atoms. The molecule has 1 aromatic heterocycles. The molecule has 2 amide bonds. The van der Waals surface area contributed by atoms with Crippen LogP contribution in [0.1, 0.15) is 106 Å². The maximum absolute atomic E-state index is 15.3. The van der Waals surface area contributed by atoms with Crippen molar-refractivity contribution < 1.29 is 23.3 Å². The van der Waals surface area contributed by atoms with E-state index in [1.54, 1.807) is 13.8 Å². The van der Waals surface area contributed by atoms with Gasteiger partial charge in [-0.2, -0.15) is 0 Å². The molecule has 1 aromatic carbocycles. The average Bonchev–Trinajstić information content (AvgIpc) is 3.59. The Kier molecular flexibility index (Phi) is 9.66. The molecule has 3 N–H and O–H groups in total. The van der Waals surface area contributed by atoms with Crippen LogP contribution in [-0.2, 0) is 45.8 Å². The number of Topliss-reactive ketones (excluding diaryl/α,β-unsaturated/α-hetero) is 1. The maximum atomic E-state index is 15.3. The van der Waals surface area contributed by atoms with Crippen LogP contribution in [0.5, 0.6) is 0 Å². The zero-order valence-electron chi connectivity index (χ0n) is 29.1. The molecule has 0 saturated carbocycles. The van der Waals surface area contributed by atoms with Crippen molar-refractivity contribution in [1.29, 1.82) is 0 Å². The molecule has 2 aliphatic carbocycles. The number of aromatic nitrogens is 1. The van der Waals surface area contributed by atoms with Crippen molar-refractivity contribution in [1.82, 2.24) is 9.37 Å². The van der Waals surface area contributed by atoms with Crippen molar-refractivity contribution in [2.75, 3.05) is 5.32 Å². The number of ketones is 1. The van der Waals surface area contributed by atoms with Crippen molar-refractivity contribution >= 4 is 55.3 Å². The van der Waals surface area contributed by atoms with Crippen molar-refractivity contribution in [3.8, 4) is 0 Å². The van der Waals surface area contributed by atoms with Gasteiger partial charge in [-0.25, -0.2) is 18.4 Å². The summed E-state index contributed by atoms with van der Waals surface area (Å²) >= 11 is 1.10. The quantitative estimate of drug-likeness (QED) is 0.240. The molecule has 0 bridgehead atoms. The van der Waals surface area contributed by atoms with Gasteiger partial charge >= 0.3 is 6.03 Å². The number of nitrogens with one attached hydrogen (secondary N) is 2. The first kappa shape index (κ1) is 36.1. The van der Waals surface area contributed by atoms with E-state index < -0.39 is 38.1 Å². The highest BCUT2D eigenvalue weighted by Gasteiger charge is 2.42. The van der Waals surface area contributed by atoms with Crippen LogP contribution >= 0.6 is 11.3 Å². The van der Waals surface area contributed by atoms with Gasteiger partial charge < -0.3 is 14.8 Å². The monoisotopic (exact) mass is 692 g/mol. The fourth-order valence-electron chi connectivity index (χ4n) is 5.06. The van der Waals surface area contributed by atoms with Gasteiger partial charge in [0.05, 0.1) is 18.0 Å². The van der Waals surface area contributed by atoms with Crippen LogP contribution < -0.4 is 9.70 Å². The minimum Gasteiger partial charge on any atom is -0.411 e. The van der Waals surface area contributed by atoms with E-state index in [1.165, 1.54) is 0 Å². The number of carbonyl (C=O) groups excluding carboxylic acids is 2. The van der Waals surface area contributed by atoms with E-state index >= 15 is 4.21 Å². The number of hydrogen-bond acceptors (Lipinski definition) is 7. The van der Waals surface area contributed by atoms with Gasteiger partial charge in [0.1, 0.15) is 23.1 Å². The lowest BCUT2D eigenvalue weighted by Crippen LogP contribution is -2.54. The van der Waals surface area contributed by atoms with Crippen LogP contribution in [0.2, 0.25) is 36.3 Å². The molecule has 45 heavy (non-hydrogen) atoms. The van der Waals surface area contributed by atoms with E-state index in [1.807, 2.05) is 0 Å². The normalized spacial score (nSPS) is 17.2. The predicted octanol–water partition coefficient (Wildman–Crippen LogP) is 8.08. The third-order valence-electron chi connectivity index (χ3n) is 9.91. The first-order valence-corrected chi connectivity index (χ1v) is 24.0. The summed E-state index contributed by atoms with van der Waals surface area (Å²) in [5.74, 6) is 0.0115. The molecular formula is C32H52N4O5S2Si2. The van der Waals surface area contributed by atoms with E-state index in [2.05, 4.69) is 87.9 Å². The maximum Gasteiger partial charge on any atom is 0.354 e. The Morgan fingerprint density at radius 1 is 1.02 bits per heavy atom. The minimum atomic E-state index is -3.62. The zero-order chi connectivity index (χ0) is 34.0. The molecule has 0 aliphatic heterocycles. The highest BCUT2D eigenvalue weighted by molar-refractivity contribution is 7.95. The van der Waals surface area contributed by atoms with E-state index in [9.17, 15) is 14.7 Å². The van der Waals surface area contributed by atoms with E-state index in [0.29, 0.717) is 34.8 Å². The van der Waals surface area contributed by atoms with Gasteiger partial charge in [-0.3, -0.25) is 4.79 Å². The number of hydrogen-bond donors (Lipinski definition) is 3. The first-order valence-electron chi connectivity index (χ1n) is 15.8. The summed E-state index contributed by atoms with van der Waals surface area (Å²) in [5, 5.41) is 14.0. The summed E-state index contributed by atoms with van der Waals surface area (Å²) < 4.78 is 30.0. The Morgan fingerprint density at radius 2 is 1.67 bits per heavy atom. The van der Waals surface area contributed by atoms with E-state index in [4.69, 9.17) is 9.41 Å². The Hall–Kier alpha value is -1.75. The van der Waals surface area contributed by atoms with E-state index in [-0.39, 0.29) is 26.7 Å². The topological polar surface area (TPSA) is 130 Å². The summed E-state index contributed by atoms with van der Waals surface area (Å²) in [6.45, 7) is 24.5. The summed E-state index contributed by atoms with van der Waals surface area (Å²) in [5.41, 5.74) is 3.27. The Morgan fingerprint density at radius 3 is 2.24 bits per heavy atom. The number of aliphatic hydroxyl groups is 1. The van der Waals surface area contributed by atoms with Crippen LogP contribution in [0.3, 0.4) is 0 Å². The summed E-state index contributed by atoms with van der Waals surface area (Å²) in [7, 11) is -8.40. The lowest BCUT2D eigenvalue weighted by atomic mass is 9.98. The number of nitrogens with zero attached hydrogens (tertiary/aromatic N) is 2. The van der Waals surface area contributed by atoms with Crippen molar-refractivity contribution in [2.24, 2.45) is 4.36 Å². The van der Waals surface area contributed by atoms with Crippen molar-refractivity contribution in [2.45, 2.75) is 140 Å². The van der Waals surface area contributed by atoms with Crippen LogP contribution in [0.15, 0.2) is 14.6 Å². The first-order chi connectivity index (χ1) is 20.4. The SMILES string of the molecule is CC(C)(O)c1nc(CO[Si](C)(C)C(C)(C)C)c(S(=O)(=NC(=O)Nc2c3c(cc4c2C(=O)CC4)CCC3)N[Si](C)(C)C(C)(C)C)s1. The second kappa shape index (κ2) is 12.0. The van der Waals surface area contributed by atoms with Gasteiger partial charge in [0.15, 0.2) is 24.0 Å². The Labute approximate surface area is 275 Å². The zero-order valence-corrected chi connectivity index (χ0v) is 32.7. The van der Waals surface area contributed by atoms with Gasteiger partial charge in [-0.05, 0) is 79.4 Å². The van der Waals surface area contributed by atoms with Crippen molar-refractivity contribution in [3.05, 3.63) is 39.0 Å². The van der Waals surface area contributed by atoms with Gasteiger partial charge in [0.2, 0.25) is 0 Å². The summed E-state index contributed by atoms with van der Waals surface area (Å²) in [6, 6.07) is 1.34. The Bertz CT molecular complexity index is 1640. The van der Waals surface area contributed by atoms with Crippen molar-refractivity contribution in [3.63, 3.8) is 0 Å². The number of aryl methyl sites for hydroxylation is 2. The number of anilines is 1. The van der Waals surface area contributed by atoms with Gasteiger partial charge in [0, 0.05) is 12.0 Å². The van der Waals surface area contributed by atoms with Gasteiger partial charge in [-0.1, -0.05) is 60.7 Å². The summed E-state index contributed by atoms with van der Waals surface area (Å²) in [6.07, 6.45) is 3.69. The molecule has 250 valence electrons. The highest BCUT2D eigenvalue weighted by Crippen LogP contribution is 2.42. The molecule has 1 heterocycles. The molecule has 0 saturated heterocycles. The second-order valence-corrected chi connectivity index (χ2v) is 29.4. The number of benzene rings is 1. The molecule has 2 aliphatic rings. The van der Waals surface area contributed by atoms with Crippen LogP contribution in [-0.4, -0.2) is 42.7 Å².